The molecule has 0 aromatic carbocycles. The highest BCUT2D eigenvalue weighted by atomic mass is 16.6. The summed E-state index contributed by atoms with van der Waals surface area (Å²) in [6.45, 7) is 3.81. The zero-order valence-electron chi connectivity index (χ0n) is 15.8. The Hall–Kier alpha value is -1.89. The highest BCUT2D eigenvalue weighted by molar-refractivity contribution is 5.94. The second-order valence-corrected chi connectivity index (χ2v) is 8.10. The molecule has 0 aromatic heterocycles. The van der Waals surface area contributed by atoms with Crippen molar-refractivity contribution >= 4 is 17.7 Å². The van der Waals surface area contributed by atoms with Crippen molar-refractivity contribution in [3.63, 3.8) is 0 Å². The summed E-state index contributed by atoms with van der Waals surface area (Å²) in [6.07, 6.45) is 2.35. The van der Waals surface area contributed by atoms with Gasteiger partial charge in [0.2, 0.25) is 0 Å². The van der Waals surface area contributed by atoms with Crippen molar-refractivity contribution in [3.05, 3.63) is 11.3 Å². The molecule has 4 fully saturated rings. The predicted octanol–water partition coefficient (Wildman–Crippen LogP) is 2.21. The Balaban J connectivity index is 1.60. The lowest BCUT2D eigenvalue weighted by Gasteiger charge is -2.28. The van der Waals surface area contributed by atoms with Crippen LogP contribution in [0.15, 0.2) is 11.3 Å². The van der Waals surface area contributed by atoms with E-state index in [1.807, 2.05) is 6.92 Å². The third kappa shape index (κ3) is 3.74. The normalized spacial score (nSPS) is 42.7. The summed E-state index contributed by atoms with van der Waals surface area (Å²) < 4.78 is 22.8. The Morgan fingerprint density at radius 3 is 2.41 bits per heavy atom. The zero-order valence-corrected chi connectivity index (χ0v) is 15.8. The van der Waals surface area contributed by atoms with E-state index in [4.69, 9.17) is 18.9 Å². The lowest BCUT2D eigenvalue weighted by molar-refractivity contribution is -0.155. The molecule has 4 heterocycles. The van der Waals surface area contributed by atoms with Crippen LogP contribution in [0.25, 0.3) is 0 Å². The van der Waals surface area contributed by atoms with Gasteiger partial charge in [0.1, 0.15) is 29.9 Å². The molecule has 0 unspecified atom stereocenters. The monoisotopic (exact) mass is 378 g/mol. The van der Waals surface area contributed by atoms with Gasteiger partial charge in [0.15, 0.2) is 0 Å². The van der Waals surface area contributed by atoms with Crippen molar-refractivity contribution in [2.75, 3.05) is 0 Å². The quantitative estimate of drug-likeness (QED) is 0.472. The van der Waals surface area contributed by atoms with E-state index in [2.05, 4.69) is 0 Å². The van der Waals surface area contributed by atoms with E-state index in [0.29, 0.717) is 30.6 Å². The minimum Gasteiger partial charge on any atom is -0.491 e. The van der Waals surface area contributed by atoms with Gasteiger partial charge in [0, 0.05) is 25.2 Å². The summed E-state index contributed by atoms with van der Waals surface area (Å²) in [4.78, 5) is 37.2. The SMILES string of the molecule is C[C@@H]1CCC(=O)C[C@H]2/C(=C3/C[C@@H]4O[C@H](C)CC[C@@H]4O3)C(=O)O[C@H]2CC(=O)O1. The smallest absolute Gasteiger partial charge is 0.338 e. The minimum atomic E-state index is -0.673. The van der Waals surface area contributed by atoms with Crippen LogP contribution in [-0.2, 0) is 33.3 Å². The molecule has 4 rings (SSSR count). The highest BCUT2D eigenvalue weighted by Gasteiger charge is 2.48. The van der Waals surface area contributed by atoms with Gasteiger partial charge in [-0.05, 0) is 33.1 Å². The van der Waals surface area contributed by atoms with Crippen molar-refractivity contribution < 1.29 is 33.3 Å². The molecule has 4 aliphatic heterocycles. The number of hydrogen-bond acceptors (Lipinski definition) is 7. The molecule has 0 saturated carbocycles. The van der Waals surface area contributed by atoms with Gasteiger partial charge in [-0.25, -0.2) is 4.79 Å². The molecule has 0 aliphatic carbocycles. The van der Waals surface area contributed by atoms with E-state index >= 15 is 0 Å². The first-order valence-electron chi connectivity index (χ1n) is 9.88. The van der Waals surface area contributed by atoms with Gasteiger partial charge >= 0.3 is 11.9 Å². The van der Waals surface area contributed by atoms with Crippen molar-refractivity contribution in [2.24, 2.45) is 5.92 Å². The maximum absolute atomic E-state index is 12.6. The first kappa shape index (κ1) is 18.5. The van der Waals surface area contributed by atoms with Crippen molar-refractivity contribution in [1.29, 1.82) is 0 Å². The average molecular weight is 378 g/mol. The molecule has 27 heavy (non-hydrogen) atoms. The molecule has 7 nitrogen and oxygen atoms in total. The second kappa shape index (κ2) is 7.26. The van der Waals surface area contributed by atoms with Crippen LogP contribution in [-0.4, -0.2) is 48.2 Å². The van der Waals surface area contributed by atoms with Crippen molar-refractivity contribution in [2.45, 2.75) is 89.3 Å². The van der Waals surface area contributed by atoms with Crippen LogP contribution in [0.5, 0.6) is 0 Å². The summed E-state index contributed by atoms with van der Waals surface area (Å²) in [6, 6.07) is 0. The zero-order chi connectivity index (χ0) is 19.1. The van der Waals surface area contributed by atoms with Crippen LogP contribution in [0.4, 0.5) is 0 Å². The highest BCUT2D eigenvalue weighted by Crippen LogP contribution is 2.42. The van der Waals surface area contributed by atoms with Crippen LogP contribution in [0.2, 0.25) is 0 Å². The lowest BCUT2D eigenvalue weighted by Crippen LogP contribution is -2.34. The third-order valence-electron chi connectivity index (χ3n) is 5.94. The molecule has 4 aliphatic rings. The Bertz CT molecular complexity index is 682. The molecule has 0 bridgehead atoms. The molecule has 7 heteroatoms. The Labute approximate surface area is 158 Å². The average Bonchev–Trinajstić information content (AvgIpc) is 3.12. The van der Waals surface area contributed by atoms with E-state index in [1.165, 1.54) is 0 Å². The Morgan fingerprint density at radius 1 is 0.778 bits per heavy atom. The fourth-order valence-corrected chi connectivity index (χ4v) is 4.51. The number of hydrogen-bond donors (Lipinski definition) is 0. The van der Waals surface area contributed by atoms with E-state index in [-0.39, 0.29) is 43.0 Å². The fraction of sp³-hybridized carbons (Fsp3) is 0.750. The Morgan fingerprint density at radius 2 is 1.59 bits per heavy atom. The summed E-state index contributed by atoms with van der Waals surface area (Å²) >= 11 is 0. The van der Waals surface area contributed by atoms with Gasteiger partial charge in [0.25, 0.3) is 0 Å². The van der Waals surface area contributed by atoms with Gasteiger partial charge in [-0.2, -0.15) is 0 Å². The largest absolute Gasteiger partial charge is 0.491 e. The standard InChI is InChI=1S/C20H26O7/c1-10-4-6-14-16(24-10)8-17(26-14)19-13-7-12(21)5-3-11(2)25-18(22)9-15(13)27-20(19)23/h10-11,13-16H,3-9H2,1-2H3/b19-17+/t10-,11-,13-,14+,15+,16+/m1/s1. The third-order valence-corrected chi connectivity index (χ3v) is 5.94. The maximum atomic E-state index is 12.6. The minimum absolute atomic E-state index is 0.0365. The van der Waals surface area contributed by atoms with E-state index in [9.17, 15) is 14.4 Å². The van der Waals surface area contributed by atoms with E-state index in [0.717, 1.165) is 12.8 Å². The number of cyclic esters (lactones) is 1. The van der Waals surface area contributed by atoms with Crippen molar-refractivity contribution in [1.82, 2.24) is 0 Å². The van der Waals surface area contributed by atoms with Gasteiger partial charge in [0.05, 0.1) is 24.2 Å². The van der Waals surface area contributed by atoms with Gasteiger partial charge in [-0.3, -0.25) is 9.59 Å². The number of Topliss-reactive ketones (excluding diaryl/α,β-unsaturated/α-hetero) is 1. The number of carbonyl (C=O) groups excluding carboxylic acids is 3. The van der Waals surface area contributed by atoms with E-state index < -0.39 is 24.0 Å². The number of rotatable bonds is 0. The molecule has 4 saturated heterocycles. The van der Waals surface area contributed by atoms with Crippen LogP contribution >= 0.6 is 0 Å². The van der Waals surface area contributed by atoms with Crippen LogP contribution < -0.4 is 0 Å². The molecule has 6 atom stereocenters. The molecule has 0 N–H and O–H groups in total. The topological polar surface area (TPSA) is 88.1 Å². The van der Waals surface area contributed by atoms with Gasteiger partial charge in [-0.1, -0.05) is 0 Å². The van der Waals surface area contributed by atoms with Crippen LogP contribution in [0.3, 0.4) is 0 Å². The number of fused-ring (bicyclic) bond motifs is 2. The molecule has 0 radical (unpaired) electrons. The first-order chi connectivity index (χ1) is 12.9. The molecule has 0 aromatic rings. The second-order valence-electron chi connectivity index (χ2n) is 8.10. The molecule has 0 spiro atoms. The van der Waals surface area contributed by atoms with Gasteiger partial charge in [-0.15, -0.1) is 0 Å². The van der Waals surface area contributed by atoms with Crippen LogP contribution in [0, 0.1) is 5.92 Å². The van der Waals surface area contributed by atoms with E-state index in [1.54, 1.807) is 6.92 Å². The lowest BCUT2D eigenvalue weighted by atomic mass is 9.86. The van der Waals surface area contributed by atoms with Crippen LogP contribution in [0.1, 0.15) is 58.8 Å². The Kier molecular flexibility index (Phi) is 4.97. The molecular weight excluding hydrogens is 352 g/mol. The fourth-order valence-electron chi connectivity index (χ4n) is 4.51. The maximum Gasteiger partial charge on any atom is 0.338 e. The van der Waals surface area contributed by atoms with Gasteiger partial charge < -0.3 is 18.9 Å². The number of esters is 2. The summed E-state index contributed by atoms with van der Waals surface area (Å²) in [5.74, 6) is -0.725. The summed E-state index contributed by atoms with van der Waals surface area (Å²) in [7, 11) is 0. The molecule has 148 valence electrons. The summed E-state index contributed by atoms with van der Waals surface area (Å²) in [5.41, 5.74) is 0.417. The molecular formula is C20H26O7. The first-order valence-corrected chi connectivity index (χ1v) is 9.88. The summed E-state index contributed by atoms with van der Waals surface area (Å²) in [5, 5.41) is 0. The number of carbonyl (C=O) groups is 3. The number of ether oxygens (including phenoxy) is 4. The van der Waals surface area contributed by atoms with Crippen molar-refractivity contribution in [3.8, 4) is 0 Å². The number of ketones is 1. The predicted molar refractivity (Wildman–Crippen MR) is 92.5 cm³/mol. The molecule has 0 amide bonds.